The molecule has 0 saturated carbocycles. The van der Waals surface area contributed by atoms with Gasteiger partial charge in [0.1, 0.15) is 5.82 Å². The average molecular weight is 281 g/mol. The number of nitrogens with zero attached hydrogens (tertiary/aromatic N) is 2. The first-order valence-electron chi connectivity index (χ1n) is 7.37. The van der Waals surface area contributed by atoms with Crippen LogP contribution in [-0.4, -0.2) is 15.5 Å². The molecule has 21 heavy (non-hydrogen) atoms. The Hall–Kier alpha value is -2.36. The summed E-state index contributed by atoms with van der Waals surface area (Å²) in [5.41, 5.74) is 4.39. The average Bonchev–Trinajstić information content (AvgIpc) is 3.13. The highest BCUT2D eigenvalue weighted by Gasteiger charge is 2.20. The normalized spacial score (nSPS) is 14.7. The Morgan fingerprint density at radius 1 is 1.19 bits per heavy atom. The maximum Gasteiger partial charge on any atom is 0.228 e. The van der Waals surface area contributed by atoms with E-state index in [1.54, 1.807) is 0 Å². The van der Waals surface area contributed by atoms with Gasteiger partial charge < -0.3 is 9.88 Å². The van der Waals surface area contributed by atoms with Crippen molar-refractivity contribution in [3.8, 4) is 5.69 Å². The summed E-state index contributed by atoms with van der Waals surface area (Å²) in [6, 6.07) is 8.33. The molecule has 0 bridgehead atoms. The molecule has 1 aromatic heterocycles. The zero-order valence-electron chi connectivity index (χ0n) is 12.4. The second kappa shape index (κ2) is 5.56. The van der Waals surface area contributed by atoms with Crippen molar-refractivity contribution < 1.29 is 4.79 Å². The molecule has 0 atom stereocenters. The van der Waals surface area contributed by atoms with Crippen LogP contribution in [0.25, 0.3) is 11.3 Å². The summed E-state index contributed by atoms with van der Waals surface area (Å²) in [5.74, 6) is 1.14. The van der Waals surface area contributed by atoms with Crippen molar-refractivity contribution in [2.24, 2.45) is 0 Å². The molecule has 2 heterocycles. The van der Waals surface area contributed by atoms with E-state index in [9.17, 15) is 4.79 Å². The fraction of sp³-hybridized carbons (Fsp3) is 0.294. The quantitative estimate of drug-likeness (QED) is 0.936. The number of aromatic nitrogens is 2. The molecule has 0 radical (unpaired) electrons. The molecule has 2 aromatic rings. The number of carbonyl (C=O) groups excluding carboxylic acids is 1. The van der Waals surface area contributed by atoms with Crippen molar-refractivity contribution in [3.05, 3.63) is 53.7 Å². The molecule has 0 unspecified atom stereocenters. The van der Waals surface area contributed by atoms with Gasteiger partial charge in [-0.15, -0.1) is 0 Å². The van der Waals surface area contributed by atoms with Crippen molar-refractivity contribution in [1.82, 2.24) is 14.9 Å². The minimum Gasteiger partial charge on any atom is -0.329 e. The number of rotatable bonds is 4. The van der Waals surface area contributed by atoms with Crippen LogP contribution >= 0.6 is 0 Å². The summed E-state index contributed by atoms with van der Waals surface area (Å²) in [7, 11) is 0. The summed E-state index contributed by atoms with van der Waals surface area (Å²) in [5, 5.41) is 2.94. The lowest BCUT2D eigenvalue weighted by Gasteiger charge is -2.09. The molecule has 3 rings (SSSR count). The fourth-order valence-electron chi connectivity index (χ4n) is 2.79. The molecule has 1 aromatic carbocycles. The van der Waals surface area contributed by atoms with Gasteiger partial charge in [0.05, 0.1) is 6.42 Å². The summed E-state index contributed by atoms with van der Waals surface area (Å²) in [6.45, 7) is 4.16. The second-order valence-corrected chi connectivity index (χ2v) is 5.15. The molecule has 0 saturated heterocycles. The van der Waals surface area contributed by atoms with Crippen molar-refractivity contribution in [2.75, 3.05) is 0 Å². The summed E-state index contributed by atoms with van der Waals surface area (Å²) in [6.07, 6.45) is 6.03. The Bertz CT molecular complexity index is 695. The Morgan fingerprint density at radius 2 is 1.95 bits per heavy atom. The summed E-state index contributed by atoms with van der Waals surface area (Å²) in [4.78, 5) is 15.9. The molecule has 0 fully saturated rings. The van der Waals surface area contributed by atoms with Gasteiger partial charge >= 0.3 is 0 Å². The smallest absolute Gasteiger partial charge is 0.228 e. The van der Waals surface area contributed by atoms with Crippen LogP contribution in [0.4, 0.5) is 0 Å². The van der Waals surface area contributed by atoms with Crippen LogP contribution in [0, 0.1) is 0 Å². The number of hydrogen-bond acceptors (Lipinski definition) is 2. The van der Waals surface area contributed by atoms with E-state index < -0.39 is 0 Å². The van der Waals surface area contributed by atoms with E-state index in [1.165, 1.54) is 0 Å². The van der Waals surface area contributed by atoms with Gasteiger partial charge in [0, 0.05) is 30.2 Å². The predicted molar refractivity (Wildman–Crippen MR) is 82.9 cm³/mol. The van der Waals surface area contributed by atoms with E-state index >= 15 is 0 Å². The second-order valence-electron chi connectivity index (χ2n) is 5.15. The molecule has 1 N–H and O–H groups in total. The molecule has 0 aliphatic carbocycles. The van der Waals surface area contributed by atoms with Crippen molar-refractivity contribution in [3.63, 3.8) is 0 Å². The minimum atomic E-state index is 0.0915. The van der Waals surface area contributed by atoms with Crippen molar-refractivity contribution >= 4 is 11.5 Å². The van der Waals surface area contributed by atoms with Gasteiger partial charge in [-0.3, -0.25) is 4.79 Å². The van der Waals surface area contributed by atoms with Crippen LogP contribution in [0.15, 0.2) is 42.4 Å². The van der Waals surface area contributed by atoms with Gasteiger partial charge in [0.2, 0.25) is 5.91 Å². The lowest BCUT2D eigenvalue weighted by atomic mass is 10.0. The SMILES string of the molecule is CCC1=C(c2ccc(-n3ccnc3CC)cc2)CC(=O)N1. The third-order valence-electron chi connectivity index (χ3n) is 3.87. The fourth-order valence-corrected chi connectivity index (χ4v) is 2.79. The topological polar surface area (TPSA) is 46.9 Å². The number of benzene rings is 1. The van der Waals surface area contributed by atoms with Gasteiger partial charge in [0.15, 0.2) is 0 Å². The Labute approximate surface area is 124 Å². The third-order valence-corrected chi connectivity index (χ3v) is 3.87. The van der Waals surface area contributed by atoms with E-state index in [-0.39, 0.29) is 5.91 Å². The van der Waals surface area contributed by atoms with Crippen LogP contribution in [0.5, 0.6) is 0 Å². The number of allylic oxidation sites excluding steroid dienone is 1. The highest BCUT2D eigenvalue weighted by Crippen LogP contribution is 2.28. The largest absolute Gasteiger partial charge is 0.329 e. The number of hydrogen-bond donors (Lipinski definition) is 1. The van der Waals surface area contributed by atoms with E-state index in [0.717, 1.165) is 41.2 Å². The first kappa shape index (κ1) is 13.6. The van der Waals surface area contributed by atoms with E-state index in [1.807, 2.05) is 12.4 Å². The first-order valence-corrected chi connectivity index (χ1v) is 7.37. The molecule has 108 valence electrons. The lowest BCUT2D eigenvalue weighted by molar-refractivity contribution is -0.118. The van der Waals surface area contributed by atoms with Crippen LogP contribution in [-0.2, 0) is 11.2 Å². The Kier molecular flexibility index (Phi) is 3.60. The Balaban J connectivity index is 1.93. The van der Waals surface area contributed by atoms with Gasteiger partial charge in [-0.05, 0) is 29.7 Å². The Morgan fingerprint density at radius 3 is 2.62 bits per heavy atom. The monoisotopic (exact) mass is 281 g/mol. The zero-order chi connectivity index (χ0) is 14.8. The lowest BCUT2D eigenvalue weighted by Crippen LogP contribution is -2.14. The number of nitrogens with one attached hydrogen (secondary N) is 1. The van der Waals surface area contributed by atoms with Crippen molar-refractivity contribution in [1.29, 1.82) is 0 Å². The standard InChI is InChI=1S/C17H19N3O/c1-3-15-14(11-17(21)19-15)12-5-7-13(8-6-12)20-10-9-18-16(20)4-2/h5-10H,3-4,11H2,1-2H3,(H,19,21). The van der Waals surface area contributed by atoms with E-state index in [0.29, 0.717) is 6.42 Å². The molecule has 4 nitrogen and oxygen atoms in total. The third kappa shape index (κ3) is 2.49. The number of aryl methyl sites for hydroxylation is 1. The number of carbonyl (C=O) groups is 1. The number of amides is 1. The van der Waals surface area contributed by atoms with Crippen LogP contribution in [0.2, 0.25) is 0 Å². The van der Waals surface area contributed by atoms with Crippen LogP contribution in [0.3, 0.4) is 0 Å². The van der Waals surface area contributed by atoms with Gasteiger partial charge in [-0.1, -0.05) is 26.0 Å². The maximum atomic E-state index is 11.6. The summed E-state index contributed by atoms with van der Waals surface area (Å²) < 4.78 is 2.09. The molecular formula is C17H19N3O. The molecule has 0 spiro atoms. The zero-order valence-corrected chi connectivity index (χ0v) is 12.4. The first-order chi connectivity index (χ1) is 10.2. The molecule has 4 heteroatoms. The molecule has 1 amide bonds. The van der Waals surface area contributed by atoms with Gasteiger partial charge in [-0.25, -0.2) is 4.98 Å². The maximum absolute atomic E-state index is 11.6. The molecule has 1 aliphatic rings. The van der Waals surface area contributed by atoms with Gasteiger partial charge in [-0.2, -0.15) is 0 Å². The van der Waals surface area contributed by atoms with Gasteiger partial charge in [0.25, 0.3) is 0 Å². The van der Waals surface area contributed by atoms with Crippen LogP contribution in [0.1, 0.15) is 38.1 Å². The van der Waals surface area contributed by atoms with E-state index in [4.69, 9.17) is 0 Å². The van der Waals surface area contributed by atoms with Crippen LogP contribution < -0.4 is 5.32 Å². The molecule has 1 aliphatic heterocycles. The van der Waals surface area contributed by atoms with Crippen molar-refractivity contribution in [2.45, 2.75) is 33.1 Å². The highest BCUT2D eigenvalue weighted by molar-refractivity contribution is 5.96. The summed E-state index contributed by atoms with van der Waals surface area (Å²) >= 11 is 0. The predicted octanol–water partition coefficient (Wildman–Crippen LogP) is 3.08. The molecular weight excluding hydrogens is 262 g/mol. The number of imidazole rings is 1. The van der Waals surface area contributed by atoms with E-state index in [2.05, 4.69) is 53.0 Å². The minimum absolute atomic E-state index is 0.0915. The highest BCUT2D eigenvalue weighted by atomic mass is 16.1.